The highest BCUT2D eigenvalue weighted by atomic mass is 32.2. The van der Waals surface area contributed by atoms with Crippen LogP contribution in [0.1, 0.15) is 5.69 Å². The molecule has 7 heteroatoms. The van der Waals surface area contributed by atoms with Crippen LogP contribution >= 0.6 is 0 Å². The molecular weight excluding hydrogens is 329 g/mol. The molecule has 3 aromatic rings. The van der Waals surface area contributed by atoms with Gasteiger partial charge in [0.1, 0.15) is 10.8 Å². The molecule has 0 radical (unpaired) electrons. The molecule has 0 unspecified atom stereocenters. The number of hydrogen-bond acceptors (Lipinski definition) is 4. The van der Waals surface area contributed by atoms with Gasteiger partial charge >= 0.3 is 0 Å². The van der Waals surface area contributed by atoms with Crippen molar-refractivity contribution >= 4 is 9.84 Å². The average Bonchev–Trinajstić information content (AvgIpc) is 3.01. The molecular formula is C17H16FN3O2S. The Morgan fingerprint density at radius 3 is 2.62 bits per heavy atom. The zero-order chi connectivity index (χ0) is 17.2. The summed E-state index contributed by atoms with van der Waals surface area (Å²) in [5, 5.41) is 2.91. The zero-order valence-corrected chi connectivity index (χ0v) is 13.8. The highest BCUT2D eigenvalue weighted by molar-refractivity contribution is 7.91. The molecule has 0 aliphatic heterocycles. The SMILES string of the molecule is CNCc1cc(-c2ccccc2F)c(S(=O)(=O)c2cccnc2)[nH]1. The van der Waals surface area contributed by atoms with Gasteiger partial charge in [0, 0.05) is 35.8 Å². The van der Waals surface area contributed by atoms with Crippen LogP contribution in [0.15, 0.2) is 64.8 Å². The number of nitrogens with one attached hydrogen (secondary N) is 2. The smallest absolute Gasteiger partial charge is 0.223 e. The van der Waals surface area contributed by atoms with Crippen LogP contribution in [0.25, 0.3) is 11.1 Å². The number of pyridine rings is 1. The molecule has 0 amide bonds. The van der Waals surface area contributed by atoms with Crippen LogP contribution < -0.4 is 5.32 Å². The van der Waals surface area contributed by atoms with Crippen molar-refractivity contribution in [3.8, 4) is 11.1 Å². The summed E-state index contributed by atoms with van der Waals surface area (Å²) in [6.07, 6.45) is 2.77. The van der Waals surface area contributed by atoms with Gasteiger partial charge in [-0.3, -0.25) is 4.98 Å². The van der Waals surface area contributed by atoms with Gasteiger partial charge in [0.25, 0.3) is 0 Å². The number of sulfone groups is 1. The molecule has 2 N–H and O–H groups in total. The molecule has 0 spiro atoms. The van der Waals surface area contributed by atoms with Gasteiger partial charge in [-0.25, -0.2) is 12.8 Å². The van der Waals surface area contributed by atoms with Crippen LogP contribution in [0.3, 0.4) is 0 Å². The second kappa shape index (κ2) is 6.54. The van der Waals surface area contributed by atoms with E-state index in [1.54, 1.807) is 37.4 Å². The van der Waals surface area contributed by atoms with Gasteiger partial charge in [-0.2, -0.15) is 0 Å². The van der Waals surface area contributed by atoms with Gasteiger partial charge in [0.2, 0.25) is 9.84 Å². The fraction of sp³-hybridized carbons (Fsp3) is 0.118. The summed E-state index contributed by atoms with van der Waals surface area (Å²) in [5.74, 6) is -0.477. The predicted octanol–water partition coefficient (Wildman–Crippen LogP) is 2.77. The molecule has 0 fully saturated rings. The zero-order valence-electron chi connectivity index (χ0n) is 13.0. The standard InChI is InChI=1S/C17H16FN3O2S/c1-19-10-12-9-15(14-6-2-3-7-16(14)18)17(21-12)24(22,23)13-5-4-8-20-11-13/h2-9,11,19,21H,10H2,1H3. The van der Waals surface area contributed by atoms with Crippen molar-refractivity contribution in [3.63, 3.8) is 0 Å². The van der Waals surface area contributed by atoms with Crippen molar-refractivity contribution < 1.29 is 12.8 Å². The summed E-state index contributed by atoms with van der Waals surface area (Å²) in [5.41, 5.74) is 1.19. The molecule has 3 rings (SSSR count). The Hall–Kier alpha value is -2.51. The molecule has 1 aromatic carbocycles. The second-order valence-electron chi connectivity index (χ2n) is 5.24. The van der Waals surface area contributed by atoms with Crippen LogP contribution in [0.4, 0.5) is 4.39 Å². The third-order valence-corrected chi connectivity index (χ3v) is 5.30. The van der Waals surface area contributed by atoms with E-state index in [0.29, 0.717) is 17.8 Å². The Bertz CT molecular complexity index is 953. The molecule has 0 bridgehead atoms. The minimum Gasteiger partial charge on any atom is -0.348 e. The summed E-state index contributed by atoms with van der Waals surface area (Å²) >= 11 is 0. The fourth-order valence-electron chi connectivity index (χ4n) is 2.49. The van der Waals surface area contributed by atoms with Crippen molar-refractivity contribution in [1.82, 2.24) is 15.3 Å². The summed E-state index contributed by atoms with van der Waals surface area (Å²) in [6, 6.07) is 10.8. The molecule has 0 aliphatic rings. The van der Waals surface area contributed by atoms with Crippen molar-refractivity contribution in [1.29, 1.82) is 0 Å². The van der Waals surface area contributed by atoms with E-state index in [9.17, 15) is 12.8 Å². The normalized spacial score (nSPS) is 11.6. The van der Waals surface area contributed by atoms with Gasteiger partial charge in [-0.05, 0) is 31.3 Å². The van der Waals surface area contributed by atoms with Crippen molar-refractivity contribution in [2.75, 3.05) is 7.05 Å². The van der Waals surface area contributed by atoms with E-state index in [2.05, 4.69) is 15.3 Å². The Kier molecular flexibility index (Phi) is 4.46. The first-order chi connectivity index (χ1) is 11.5. The lowest BCUT2D eigenvalue weighted by Gasteiger charge is -2.07. The summed E-state index contributed by atoms with van der Waals surface area (Å²) < 4.78 is 40.1. The van der Waals surface area contributed by atoms with Crippen LogP contribution in [0.5, 0.6) is 0 Å². The average molecular weight is 345 g/mol. The summed E-state index contributed by atoms with van der Waals surface area (Å²) in [4.78, 5) is 6.82. The molecule has 5 nitrogen and oxygen atoms in total. The largest absolute Gasteiger partial charge is 0.348 e. The fourth-order valence-corrected chi connectivity index (χ4v) is 3.91. The van der Waals surface area contributed by atoms with E-state index in [-0.39, 0.29) is 15.5 Å². The van der Waals surface area contributed by atoms with E-state index < -0.39 is 15.7 Å². The molecule has 0 saturated carbocycles. The second-order valence-corrected chi connectivity index (χ2v) is 7.13. The van der Waals surface area contributed by atoms with Gasteiger partial charge < -0.3 is 10.3 Å². The lowest BCUT2D eigenvalue weighted by atomic mass is 10.1. The number of aromatic nitrogens is 2. The topological polar surface area (TPSA) is 74.8 Å². The predicted molar refractivity (Wildman–Crippen MR) is 88.6 cm³/mol. The lowest BCUT2D eigenvalue weighted by molar-refractivity contribution is 0.592. The first-order valence-corrected chi connectivity index (χ1v) is 8.79. The Balaban J connectivity index is 2.23. The lowest BCUT2D eigenvalue weighted by Crippen LogP contribution is -2.07. The number of rotatable bonds is 5. The third-order valence-electron chi connectivity index (χ3n) is 3.58. The summed E-state index contributed by atoms with van der Waals surface area (Å²) in [7, 11) is -2.10. The van der Waals surface area contributed by atoms with Crippen molar-refractivity contribution in [3.05, 3.63) is 66.4 Å². The molecule has 24 heavy (non-hydrogen) atoms. The van der Waals surface area contributed by atoms with Crippen LogP contribution in [-0.2, 0) is 16.4 Å². The number of halogens is 1. The highest BCUT2D eigenvalue weighted by Crippen LogP contribution is 2.33. The van der Waals surface area contributed by atoms with Gasteiger partial charge in [0.15, 0.2) is 0 Å². The monoisotopic (exact) mass is 345 g/mol. The first-order valence-electron chi connectivity index (χ1n) is 7.30. The van der Waals surface area contributed by atoms with Gasteiger partial charge in [-0.1, -0.05) is 18.2 Å². The minimum atomic E-state index is -3.84. The van der Waals surface area contributed by atoms with Crippen LogP contribution in [-0.4, -0.2) is 25.4 Å². The van der Waals surface area contributed by atoms with Crippen LogP contribution in [0, 0.1) is 5.82 Å². The Morgan fingerprint density at radius 2 is 1.96 bits per heavy atom. The van der Waals surface area contributed by atoms with Crippen molar-refractivity contribution in [2.45, 2.75) is 16.5 Å². The molecule has 124 valence electrons. The number of benzene rings is 1. The van der Waals surface area contributed by atoms with Crippen LogP contribution in [0.2, 0.25) is 0 Å². The Labute approximate surface area is 139 Å². The maximum absolute atomic E-state index is 14.2. The van der Waals surface area contributed by atoms with Gasteiger partial charge in [-0.15, -0.1) is 0 Å². The third kappa shape index (κ3) is 2.95. The van der Waals surface area contributed by atoms with E-state index in [0.717, 1.165) is 0 Å². The number of H-pyrrole nitrogens is 1. The van der Waals surface area contributed by atoms with E-state index in [4.69, 9.17) is 0 Å². The molecule has 0 aliphatic carbocycles. The maximum Gasteiger partial charge on any atom is 0.223 e. The molecule has 2 aromatic heterocycles. The maximum atomic E-state index is 14.2. The number of aromatic amines is 1. The van der Waals surface area contributed by atoms with E-state index >= 15 is 0 Å². The molecule has 0 saturated heterocycles. The number of nitrogens with zero attached hydrogens (tertiary/aromatic N) is 1. The highest BCUT2D eigenvalue weighted by Gasteiger charge is 2.26. The molecule has 2 heterocycles. The first kappa shape index (κ1) is 16.4. The van der Waals surface area contributed by atoms with Crippen molar-refractivity contribution in [2.24, 2.45) is 0 Å². The number of hydrogen-bond donors (Lipinski definition) is 2. The van der Waals surface area contributed by atoms with E-state index in [1.165, 1.54) is 24.5 Å². The quantitative estimate of drug-likeness (QED) is 0.746. The minimum absolute atomic E-state index is 0.0362. The molecule has 0 atom stereocenters. The summed E-state index contributed by atoms with van der Waals surface area (Å²) in [6.45, 7) is 0.435. The Morgan fingerprint density at radius 1 is 1.17 bits per heavy atom. The van der Waals surface area contributed by atoms with Gasteiger partial charge in [0.05, 0.1) is 4.90 Å². The van der Waals surface area contributed by atoms with E-state index in [1.807, 2.05) is 0 Å².